The van der Waals surface area contributed by atoms with Gasteiger partial charge in [-0.3, -0.25) is 0 Å². The zero-order valence-corrected chi connectivity index (χ0v) is 13.5. The van der Waals surface area contributed by atoms with Crippen LogP contribution in [0, 0.1) is 6.92 Å². The van der Waals surface area contributed by atoms with E-state index >= 15 is 0 Å². The Balaban J connectivity index is 1.86. The van der Waals surface area contributed by atoms with Crippen LogP contribution in [0.25, 0.3) is 10.6 Å². The molecule has 0 atom stereocenters. The quantitative estimate of drug-likeness (QED) is 0.432. The molecular weight excluding hydrogens is 310 g/mol. The van der Waals surface area contributed by atoms with Gasteiger partial charge in [0.1, 0.15) is 22.4 Å². The summed E-state index contributed by atoms with van der Waals surface area (Å²) in [7, 11) is 0. The van der Waals surface area contributed by atoms with Crippen LogP contribution in [0.2, 0.25) is 0 Å². The number of thiazole rings is 1. The van der Waals surface area contributed by atoms with Crippen molar-refractivity contribution >= 4 is 28.7 Å². The zero-order valence-electron chi connectivity index (χ0n) is 12.7. The maximum atomic E-state index is 8.82. The van der Waals surface area contributed by atoms with E-state index in [9.17, 15) is 0 Å². The van der Waals surface area contributed by atoms with E-state index in [1.807, 2.05) is 37.3 Å². The minimum atomic E-state index is 0.486. The van der Waals surface area contributed by atoms with Crippen molar-refractivity contribution in [1.82, 2.24) is 15.0 Å². The van der Waals surface area contributed by atoms with E-state index in [2.05, 4.69) is 25.4 Å². The molecule has 0 aromatic carbocycles. The number of nitrogens with zero attached hydrogens (tertiary/aromatic N) is 4. The van der Waals surface area contributed by atoms with Gasteiger partial charge in [-0.1, -0.05) is 11.2 Å². The molecule has 0 saturated carbocycles. The minimum Gasteiger partial charge on any atom is -0.411 e. The van der Waals surface area contributed by atoms with E-state index in [1.54, 1.807) is 19.3 Å². The lowest BCUT2D eigenvalue weighted by Gasteiger charge is -2.06. The van der Waals surface area contributed by atoms with E-state index in [4.69, 9.17) is 5.21 Å². The van der Waals surface area contributed by atoms with Crippen LogP contribution in [0.5, 0.6) is 0 Å². The topological polar surface area (TPSA) is 83.3 Å². The molecule has 0 saturated heterocycles. The molecule has 3 aromatic heterocycles. The van der Waals surface area contributed by atoms with E-state index in [0.29, 0.717) is 16.5 Å². The summed E-state index contributed by atoms with van der Waals surface area (Å²) in [6, 6.07) is 9.62. The van der Waals surface area contributed by atoms with Crippen molar-refractivity contribution in [3.05, 3.63) is 53.3 Å². The van der Waals surface area contributed by atoms with Crippen LogP contribution >= 0.6 is 11.3 Å². The fraction of sp³-hybridized carbons (Fsp3) is 0.125. The van der Waals surface area contributed by atoms with Gasteiger partial charge in [0.25, 0.3) is 0 Å². The van der Waals surface area contributed by atoms with Crippen LogP contribution in [-0.2, 0) is 0 Å². The van der Waals surface area contributed by atoms with Gasteiger partial charge < -0.3 is 10.5 Å². The van der Waals surface area contributed by atoms with Gasteiger partial charge in [0.2, 0.25) is 0 Å². The first kappa shape index (κ1) is 15.1. The second-order valence-electron chi connectivity index (χ2n) is 4.97. The van der Waals surface area contributed by atoms with Crippen LogP contribution in [0.3, 0.4) is 0 Å². The van der Waals surface area contributed by atoms with Crippen molar-refractivity contribution < 1.29 is 5.21 Å². The van der Waals surface area contributed by atoms with Crippen molar-refractivity contribution in [2.24, 2.45) is 5.16 Å². The Hall–Kier alpha value is -2.80. The van der Waals surface area contributed by atoms with Crippen molar-refractivity contribution in [3.8, 4) is 10.6 Å². The largest absolute Gasteiger partial charge is 0.411 e. The first-order chi connectivity index (χ1) is 11.2. The Labute approximate surface area is 137 Å². The summed E-state index contributed by atoms with van der Waals surface area (Å²) in [6.07, 6.45) is 3.49. The molecule has 0 unspecified atom stereocenters. The highest BCUT2D eigenvalue weighted by atomic mass is 32.1. The van der Waals surface area contributed by atoms with Crippen LogP contribution in [-0.4, -0.2) is 25.9 Å². The number of hydrogen-bond acceptors (Lipinski definition) is 7. The van der Waals surface area contributed by atoms with Gasteiger partial charge in [0, 0.05) is 12.4 Å². The highest BCUT2D eigenvalue weighted by Crippen LogP contribution is 2.26. The molecule has 3 heterocycles. The molecule has 0 aliphatic carbocycles. The van der Waals surface area contributed by atoms with E-state index in [0.717, 1.165) is 22.0 Å². The summed E-state index contributed by atoms with van der Waals surface area (Å²) in [5, 5.41) is 15.9. The molecule has 0 fully saturated rings. The summed E-state index contributed by atoms with van der Waals surface area (Å²) in [6.45, 7) is 3.72. The molecule has 116 valence electrons. The van der Waals surface area contributed by atoms with Crippen molar-refractivity contribution in [1.29, 1.82) is 0 Å². The lowest BCUT2D eigenvalue weighted by atomic mass is 10.3. The summed E-state index contributed by atoms with van der Waals surface area (Å²) in [5.41, 5.74) is 2.42. The molecule has 0 radical (unpaired) electrons. The number of nitrogens with one attached hydrogen (secondary N) is 1. The number of pyridine rings is 2. The van der Waals surface area contributed by atoms with Crippen LogP contribution in [0.15, 0.2) is 47.9 Å². The summed E-state index contributed by atoms with van der Waals surface area (Å²) < 4.78 is 0. The van der Waals surface area contributed by atoms with Crippen LogP contribution in [0.4, 0.5) is 11.6 Å². The molecule has 3 aromatic rings. The Morgan fingerprint density at radius 2 is 2.09 bits per heavy atom. The molecule has 23 heavy (non-hydrogen) atoms. The molecule has 2 N–H and O–H groups in total. The van der Waals surface area contributed by atoms with Gasteiger partial charge in [-0.25, -0.2) is 15.0 Å². The second kappa shape index (κ2) is 6.53. The molecule has 0 amide bonds. The van der Waals surface area contributed by atoms with E-state index < -0.39 is 0 Å². The summed E-state index contributed by atoms with van der Waals surface area (Å²) >= 11 is 1.43. The molecule has 0 spiro atoms. The Morgan fingerprint density at radius 1 is 1.22 bits per heavy atom. The fourth-order valence-electron chi connectivity index (χ4n) is 1.98. The standard InChI is InChI=1S/C16H15N5OS/c1-10-6-7-17-15(8-10)20-14-5-3-4-12(19-14)13-9-18-16(23-13)11(2)21-22/h3-9,22H,1-2H3,(H,17,19,20)/b21-11-. The van der Waals surface area contributed by atoms with E-state index in [-0.39, 0.29) is 0 Å². The third-order valence-electron chi connectivity index (χ3n) is 3.14. The molecule has 0 bridgehead atoms. The molecule has 6 nitrogen and oxygen atoms in total. The molecule has 0 aliphatic heterocycles. The first-order valence-electron chi connectivity index (χ1n) is 6.97. The van der Waals surface area contributed by atoms with Crippen LogP contribution < -0.4 is 5.32 Å². The summed E-state index contributed by atoms with van der Waals surface area (Å²) in [4.78, 5) is 14.0. The number of anilines is 2. The van der Waals surface area contributed by atoms with Gasteiger partial charge in [0.15, 0.2) is 0 Å². The molecule has 0 aliphatic rings. The lowest BCUT2D eigenvalue weighted by molar-refractivity contribution is 0.319. The predicted molar refractivity (Wildman–Crippen MR) is 91.6 cm³/mol. The number of oxime groups is 1. The van der Waals surface area contributed by atoms with Crippen molar-refractivity contribution in [2.45, 2.75) is 13.8 Å². The maximum absolute atomic E-state index is 8.82. The molecular formula is C16H15N5OS. The zero-order chi connectivity index (χ0) is 16.2. The highest BCUT2D eigenvalue weighted by molar-refractivity contribution is 7.17. The van der Waals surface area contributed by atoms with Gasteiger partial charge in [-0.05, 0) is 43.7 Å². The third-order valence-corrected chi connectivity index (χ3v) is 4.27. The van der Waals surface area contributed by atoms with Gasteiger partial charge in [0.05, 0.1) is 10.6 Å². The average Bonchev–Trinajstić information content (AvgIpc) is 3.04. The fourth-order valence-corrected chi connectivity index (χ4v) is 2.81. The third kappa shape index (κ3) is 3.51. The Bertz CT molecular complexity index is 859. The van der Waals surface area contributed by atoms with Gasteiger partial charge in [-0.2, -0.15) is 0 Å². The maximum Gasteiger partial charge on any atom is 0.141 e. The van der Waals surface area contributed by atoms with Gasteiger partial charge >= 0.3 is 0 Å². The molecule has 3 rings (SSSR count). The van der Waals surface area contributed by atoms with Crippen molar-refractivity contribution in [2.75, 3.05) is 5.32 Å². The normalized spacial score (nSPS) is 11.5. The molecule has 7 heteroatoms. The Kier molecular flexibility index (Phi) is 4.29. The number of aryl methyl sites for hydroxylation is 1. The average molecular weight is 325 g/mol. The summed E-state index contributed by atoms with van der Waals surface area (Å²) in [5.74, 6) is 1.46. The predicted octanol–water partition coefficient (Wildman–Crippen LogP) is 3.85. The van der Waals surface area contributed by atoms with Crippen molar-refractivity contribution in [3.63, 3.8) is 0 Å². The number of hydrogen-bond donors (Lipinski definition) is 2. The van der Waals surface area contributed by atoms with Gasteiger partial charge in [-0.15, -0.1) is 11.3 Å². The Morgan fingerprint density at radius 3 is 2.87 bits per heavy atom. The minimum absolute atomic E-state index is 0.486. The number of rotatable bonds is 4. The smallest absolute Gasteiger partial charge is 0.141 e. The first-order valence-corrected chi connectivity index (χ1v) is 7.79. The monoisotopic (exact) mass is 325 g/mol. The lowest BCUT2D eigenvalue weighted by Crippen LogP contribution is -1.96. The SMILES string of the molecule is C/C(=N/O)c1ncc(-c2cccc(Nc3cc(C)ccn3)n2)s1. The number of aromatic nitrogens is 3. The van der Waals surface area contributed by atoms with E-state index in [1.165, 1.54) is 11.3 Å². The highest BCUT2D eigenvalue weighted by Gasteiger charge is 2.09. The second-order valence-corrected chi connectivity index (χ2v) is 6.00. The van der Waals surface area contributed by atoms with Crippen LogP contribution in [0.1, 0.15) is 17.5 Å².